The summed E-state index contributed by atoms with van der Waals surface area (Å²) in [4.78, 5) is 0. The molecule has 0 aromatic heterocycles. The molecule has 0 aliphatic heterocycles. The molecule has 1 rings (SSSR count). The summed E-state index contributed by atoms with van der Waals surface area (Å²) in [5.74, 6) is 0.504. The van der Waals surface area contributed by atoms with E-state index in [1.165, 1.54) is 25.5 Å². The van der Waals surface area contributed by atoms with Gasteiger partial charge in [0, 0.05) is 6.26 Å². The van der Waals surface area contributed by atoms with E-state index in [0.29, 0.717) is 12.3 Å². The molecular weight excluding hydrogens is 224 g/mol. The number of hydrogen-bond donors (Lipinski definition) is 1. The summed E-state index contributed by atoms with van der Waals surface area (Å²) in [5.41, 5.74) is 0. The molecule has 1 saturated carbocycles. The van der Waals surface area contributed by atoms with E-state index in [9.17, 15) is 13.5 Å². The first kappa shape index (κ1) is 14.0. The lowest BCUT2D eigenvalue weighted by molar-refractivity contribution is 0.0994. The van der Waals surface area contributed by atoms with Gasteiger partial charge in [-0.3, -0.25) is 0 Å². The summed E-state index contributed by atoms with van der Waals surface area (Å²) in [6.45, 7) is 3.24. The monoisotopic (exact) mass is 248 g/mol. The lowest BCUT2D eigenvalue weighted by Gasteiger charge is -2.32. The Morgan fingerprint density at radius 3 is 2.19 bits per heavy atom. The minimum Gasteiger partial charge on any atom is -0.391 e. The van der Waals surface area contributed by atoms with Crippen molar-refractivity contribution in [1.29, 1.82) is 0 Å². The minimum atomic E-state index is -3.20. The molecule has 0 amide bonds. The highest BCUT2D eigenvalue weighted by Crippen LogP contribution is 2.32. The van der Waals surface area contributed by atoms with Gasteiger partial charge in [0.15, 0.2) is 9.84 Å². The smallest absolute Gasteiger partial charge is 0.155 e. The molecule has 1 fully saturated rings. The van der Waals surface area contributed by atoms with Crippen LogP contribution in [0.1, 0.15) is 52.4 Å². The highest BCUT2D eigenvalue weighted by atomic mass is 32.2. The van der Waals surface area contributed by atoms with Gasteiger partial charge in [0.2, 0.25) is 0 Å². The van der Waals surface area contributed by atoms with Gasteiger partial charge in [-0.1, -0.05) is 32.1 Å². The summed E-state index contributed by atoms with van der Waals surface area (Å²) in [6.07, 6.45) is 7.08. The maximum Gasteiger partial charge on any atom is 0.155 e. The fraction of sp³-hybridized carbons (Fsp3) is 1.00. The average Bonchev–Trinajstić information content (AvgIpc) is 2.17. The van der Waals surface area contributed by atoms with Crippen LogP contribution in [0.5, 0.6) is 0 Å². The molecule has 1 aliphatic carbocycles. The fourth-order valence-electron chi connectivity index (χ4n) is 2.27. The molecule has 0 spiro atoms. The van der Waals surface area contributed by atoms with Crippen molar-refractivity contribution in [3.8, 4) is 0 Å². The van der Waals surface area contributed by atoms with Gasteiger partial charge in [-0.05, 0) is 26.2 Å². The van der Waals surface area contributed by atoms with Gasteiger partial charge in [-0.15, -0.1) is 0 Å². The Kier molecular flexibility index (Phi) is 4.41. The standard InChI is InChI=1S/C12H24O3S/c1-12(2,16(3,14)15)11(13)9-10-7-5-4-6-8-10/h10-11,13H,4-9H2,1-3H3. The fourth-order valence-corrected chi connectivity index (χ4v) is 2.86. The molecule has 4 heteroatoms. The third-order valence-electron chi connectivity index (χ3n) is 4.04. The van der Waals surface area contributed by atoms with E-state index in [0.717, 1.165) is 12.8 Å². The maximum absolute atomic E-state index is 11.6. The SMILES string of the molecule is CC(C)(C(O)CC1CCCCC1)S(C)(=O)=O. The van der Waals surface area contributed by atoms with Crippen LogP contribution in [0, 0.1) is 5.92 Å². The Hall–Kier alpha value is -0.0900. The van der Waals surface area contributed by atoms with Crippen LogP contribution in [0.15, 0.2) is 0 Å². The Morgan fingerprint density at radius 1 is 1.25 bits per heavy atom. The number of rotatable bonds is 4. The topological polar surface area (TPSA) is 54.4 Å². The van der Waals surface area contributed by atoms with Crippen LogP contribution in [-0.4, -0.2) is 30.6 Å². The van der Waals surface area contributed by atoms with Gasteiger partial charge in [-0.2, -0.15) is 0 Å². The Balaban J connectivity index is 2.60. The van der Waals surface area contributed by atoms with Crippen LogP contribution in [0.2, 0.25) is 0 Å². The van der Waals surface area contributed by atoms with Gasteiger partial charge in [0.1, 0.15) is 0 Å². The Labute approximate surface area is 99.2 Å². The minimum absolute atomic E-state index is 0.504. The van der Waals surface area contributed by atoms with Crippen molar-refractivity contribution >= 4 is 9.84 Å². The first-order valence-corrected chi connectivity index (χ1v) is 8.02. The molecule has 1 atom stereocenters. The van der Waals surface area contributed by atoms with E-state index in [-0.39, 0.29) is 0 Å². The van der Waals surface area contributed by atoms with E-state index in [2.05, 4.69) is 0 Å². The van der Waals surface area contributed by atoms with Crippen molar-refractivity contribution in [2.75, 3.05) is 6.26 Å². The summed E-state index contributed by atoms with van der Waals surface area (Å²) >= 11 is 0. The lowest BCUT2D eigenvalue weighted by atomic mass is 9.83. The molecule has 0 saturated heterocycles. The third kappa shape index (κ3) is 3.20. The molecule has 0 heterocycles. The molecule has 0 radical (unpaired) electrons. The Morgan fingerprint density at radius 2 is 1.75 bits per heavy atom. The molecule has 0 aromatic rings. The Bertz CT molecular complexity index is 313. The normalized spacial score (nSPS) is 22.0. The second-order valence-corrected chi connectivity index (χ2v) is 8.23. The molecule has 1 N–H and O–H groups in total. The number of hydrogen-bond acceptors (Lipinski definition) is 3. The molecule has 3 nitrogen and oxygen atoms in total. The van der Waals surface area contributed by atoms with E-state index in [1.807, 2.05) is 0 Å². The van der Waals surface area contributed by atoms with Gasteiger partial charge in [0.05, 0.1) is 10.9 Å². The third-order valence-corrected chi connectivity index (χ3v) is 6.22. The predicted molar refractivity (Wildman–Crippen MR) is 66.1 cm³/mol. The quantitative estimate of drug-likeness (QED) is 0.829. The van der Waals surface area contributed by atoms with Crippen LogP contribution < -0.4 is 0 Å². The van der Waals surface area contributed by atoms with Gasteiger partial charge in [-0.25, -0.2) is 8.42 Å². The maximum atomic E-state index is 11.6. The second-order valence-electron chi connectivity index (χ2n) is 5.63. The predicted octanol–water partition coefficient (Wildman–Crippen LogP) is 2.14. The molecule has 1 unspecified atom stereocenters. The van der Waals surface area contributed by atoms with Crippen molar-refractivity contribution in [1.82, 2.24) is 0 Å². The average molecular weight is 248 g/mol. The molecule has 0 aromatic carbocycles. The van der Waals surface area contributed by atoms with Crippen LogP contribution in [0.25, 0.3) is 0 Å². The molecule has 0 bridgehead atoms. The molecular formula is C12H24O3S. The number of aliphatic hydroxyl groups is 1. The van der Waals surface area contributed by atoms with E-state index in [4.69, 9.17) is 0 Å². The summed E-state index contributed by atoms with van der Waals surface area (Å²) in [7, 11) is -3.20. The van der Waals surface area contributed by atoms with E-state index >= 15 is 0 Å². The van der Waals surface area contributed by atoms with Crippen molar-refractivity contribution in [2.45, 2.75) is 63.2 Å². The molecule has 96 valence electrons. The highest BCUT2D eigenvalue weighted by Gasteiger charge is 2.39. The molecule has 1 aliphatic rings. The summed E-state index contributed by atoms with van der Waals surface area (Å²) in [6, 6.07) is 0. The van der Waals surface area contributed by atoms with Crippen LogP contribution in [-0.2, 0) is 9.84 Å². The van der Waals surface area contributed by atoms with Crippen molar-refractivity contribution in [2.24, 2.45) is 5.92 Å². The second kappa shape index (κ2) is 5.05. The molecule has 16 heavy (non-hydrogen) atoms. The first-order valence-electron chi connectivity index (χ1n) is 6.13. The van der Waals surface area contributed by atoms with Crippen LogP contribution in [0.3, 0.4) is 0 Å². The van der Waals surface area contributed by atoms with Crippen molar-refractivity contribution in [3.63, 3.8) is 0 Å². The van der Waals surface area contributed by atoms with Crippen molar-refractivity contribution in [3.05, 3.63) is 0 Å². The summed E-state index contributed by atoms with van der Waals surface area (Å²) < 4.78 is 22.1. The van der Waals surface area contributed by atoms with Crippen molar-refractivity contribution < 1.29 is 13.5 Å². The van der Waals surface area contributed by atoms with E-state index in [1.54, 1.807) is 13.8 Å². The highest BCUT2D eigenvalue weighted by molar-refractivity contribution is 7.92. The van der Waals surface area contributed by atoms with Gasteiger partial charge < -0.3 is 5.11 Å². The van der Waals surface area contributed by atoms with Crippen LogP contribution >= 0.6 is 0 Å². The first-order chi connectivity index (χ1) is 7.25. The van der Waals surface area contributed by atoms with Gasteiger partial charge >= 0.3 is 0 Å². The van der Waals surface area contributed by atoms with Gasteiger partial charge in [0.25, 0.3) is 0 Å². The summed E-state index contributed by atoms with van der Waals surface area (Å²) in [5, 5.41) is 10.1. The zero-order valence-electron chi connectivity index (χ0n) is 10.6. The van der Waals surface area contributed by atoms with Crippen LogP contribution in [0.4, 0.5) is 0 Å². The van der Waals surface area contributed by atoms with E-state index < -0.39 is 20.7 Å². The number of sulfone groups is 1. The zero-order valence-corrected chi connectivity index (χ0v) is 11.4. The number of aliphatic hydroxyl groups excluding tert-OH is 1. The zero-order chi connectivity index (χ0) is 12.4. The lowest BCUT2D eigenvalue weighted by Crippen LogP contribution is -2.44. The largest absolute Gasteiger partial charge is 0.391 e.